The first kappa shape index (κ1) is 18.2. The molecule has 122 valence electrons. The Morgan fingerprint density at radius 1 is 1.14 bits per heavy atom. The van der Waals surface area contributed by atoms with Gasteiger partial charge in [0.15, 0.2) is 0 Å². The van der Waals surface area contributed by atoms with Crippen LogP contribution in [0.25, 0.3) is 0 Å². The quantitative estimate of drug-likeness (QED) is 0.349. The molecule has 1 aromatic carbocycles. The van der Waals surface area contributed by atoms with Crippen LogP contribution in [0.5, 0.6) is 0 Å². The Balaban J connectivity index is 2.51. The molecule has 0 aliphatic carbocycles. The molecular weight excluding hydrogens is 290 g/mol. The van der Waals surface area contributed by atoms with Gasteiger partial charge in [0.05, 0.1) is 6.61 Å². The average Bonchev–Trinajstić information content (AvgIpc) is 2.56. The van der Waals surface area contributed by atoms with Crippen LogP contribution in [0, 0.1) is 0 Å². The van der Waals surface area contributed by atoms with Gasteiger partial charge in [0.1, 0.15) is 30.6 Å². The molecule has 22 heavy (non-hydrogen) atoms. The highest BCUT2D eigenvalue weighted by molar-refractivity contribution is 5.80. The minimum absolute atomic E-state index is 0.111. The second-order valence-corrected chi connectivity index (χ2v) is 4.95. The predicted octanol–water partition coefficient (Wildman–Crippen LogP) is -1.62. The van der Waals surface area contributed by atoms with E-state index in [0.717, 1.165) is 5.56 Å². The summed E-state index contributed by atoms with van der Waals surface area (Å²) in [4.78, 5) is 22.7. The van der Waals surface area contributed by atoms with E-state index in [1.54, 1.807) is 0 Å². The molecule has 1 rings (SSSR count). The SMILES string of the molecule is O=C[C@H](NC(=O)CCc1ccccc1)[C@@H](O)[C@@H](O)[C@H](O)CO. The van der Waals surface area contributed by atoms with Crippen LogP contribution in [0.15, 0.2) is 30.3 Å². The summed E-state index contributed by atoms with van der Waals surface area (Å²) in [5.41, 5.74) is 0.955. The molecule has 5 N–H and O–H groups in total. The van der Waals surface area contributed by atoms with Crippen LogP contribution in [-0.2, 0) is 16.0 Å². The molecule has 0 aliphatic heterocycles. The van der Waals surface area contributed by atoms with E-state index in [2.05, 4.69) is 5.32 Å². The van der Waals surface area contributed by atoms with Crippen molar-refractivity contribution in [3.05, 3.63) is 35.9 Å². The van der Waals surface area contributed by atoms with Gasteiger partial charge in [-0.05, 0) is 12.0 Å². The first-order valence-corrected chi connectivity index (χ1v) is 6.93. The fourth-order valence-corrected chi connectivity index (χ4v) is 1.91. The Morgan fingerprint density at radius 2 is 1.77 bits per heavy atom. The summed E-state index contributed by atoms with van der Waals surface area (Å²) in [5.74, 6) is -0.467. The van der Waals surface area contributed by atoms with Gasteiger partial charge in [0.2, 0.25) is 5.91 Å². The zero-order valence-corrected chi connectivity index (χ0v) is 12.0. The number of hydrogen-bond acceptors (Lipinski definition) is 6. The highest BCUT2D eigenvalue weighted by Gasteiger charge is 2.31. The van der Waals surface area contributed by atoms with Crippen molar-refractivity contribution in [2.24, 2.45) is 0 Å². The van der Waals surface area contributed by atoms with E-state index >= 15 is 0 Å². The molecule has 0 spiro atoms. The van der Waals surface area contributed by atoms with Crippen LogP contribution in [0.1, 0.15) is 12.0 Å². The molecule has 0 fully saturated rings. The van der Waals surface area contributed by atoms with Gasteiger partial charge in [-0.3, -0.25) is 4.79 Å². The van der Waals surface area contributed by atoms with E-state index in [1.807, 2.05) is 30.3 Å². The number of aryl methyl sites for hydroxylation is 1. The van der Waals surface area contributed by atoms with E-state index < -0.39 is 36.9 Å². The summed E-state index contributed by atoms with van der Waals surface area (Å²) in [6.07, 6.45) is -4.19. The zero-order valence-electron chi connectivity index (χ0n) is 12.0. The van der Waals surface area contributed by atoms with Crippen molar-refractivity contribution in [2.75, 3.05) is 6.61 Å². The van der Waals surface area contributed by atoms with Crippen LogP contribution in [0.4, 0.5) is 0 Å². The first-order valence-electron chi connectivity index (χ1n) is 6.93. The van der Waals surface area contributed by atoms with E-state index in [0.29, 0.717) is 6.42 Å². The van der Waals surface area contributed by atoms with E-state index in [4.69, 9.17) is 5.11 Å². The molecule has 1 amide bonds. The fourth-order valence-electron chi connectivity index (χ4n) is 1.91. The van der Waals surface area contributed by atoms with Crippen molar-refractivity contribution < 1.29 is 30.0 Å². The van der Waals surface area contributed by atoms with Crippen LogP contribution in [0.3, 0.4) is 0 Å². The second-order valence-electron chi connectivity index (χ2n) is 4.95. The molecule has 0 saturated carbocycles. The van der Waals surface area contributed by atoms with Crippen LogP contribution in [0.2, 0.25) is 0 Å². The van der Waals surface area contributed by atoms with Gasteiger partial charge in [-0.2, -0.15) is 0 Å². The van der Waals surface area contributed by atoms with Gasteiger partial charge in [0, 0.05) is 6.42 Å². The number of rotatable bonds is 9. The predicted molar refractivity (Wildman–Crippen MR) is 77.9 cm³/mol. The van der Waals surface area contributed by atoms with Gasteiger partial charge in [-0.1, -0.05) is 30.3 Å². The number of aldehydes is 1. The van der Waals surface area contributed by atoms with Gasteiger partial charge < -0.3 is 30.5 Å². The number of nitrogens with one attached hydrogen (secondary N) is 1. The Kier molecular flexibility index (Phi) is 7.69. The molecule has 0 saturated heterocycles. The lowest BCUT2D eigenvalue weighted by Gasteiger charge is -2.26. The smallest absolute Gasteiger partial charge is 0.220 e. The maximum Gasteiger partial charge on any atom is 0.220 e. The van der Waals surface area contributed by atoms with Crippen LogP contribution >= 0.6 is 0 Å². The van der Waals surface area contributed by atoms with Crippen molar-refractivity contribution in [3.63, 3.8) is 0 Å². The summed E-state index contributed by atoms with van der Waals surface area (Å²) in [6.45, 7) is -0.772. The third-order valence-electron chi connectivity index (χ3n) is 3.26. The molecule has 0 radical (unpaired) electrons. The third-order valence-corrected chi connectivity index (χ3v) is 3.26. The average molecular weight is 311 g/mol. The molecule has 0 unspecified atom stereocenters. The molecule has 0 bridgehead atoms. The van der Waals surface area contributed by atoms with Crippen molar-refractivity contribution >= 4 is 12.2 Å². The van der Waals surface area contributed by atoms with Crippen LogP contribution < -0.4 is 5.32 Å². The lowest BCUT2D eigenvalue weighted by atomic mass is 10.0. The monoisotopic (exact) mass is 311 g/mol. The van der Waals surface area contributed by atoms with Crippen molar-refractivity contribution in [2.45, 2.75) is 37.2 Å². The minimum atomic E-state index is -1.74. The van der Waals surface area contributed by atoms with E-state index in [-0.39, 0.29) is 12.7 Å². The lowest BCUT2D eigenvalue weighted by molar-refractivity contribution is -0.131. The maximum absolute atomic E-state index is 11.8. The van der Waals surface area contributed by atoms with Gasteiger partial charge >= 0.3 is 0 Å². The first-order chi connectivity index (χ1) is 10.5. The summed E-state index contributed by atoms with van der Waals surface area (Å²) in [5, 5.41) is 39.5. The number of aliphatic hydroxyl groups excluding tert-OH is 4. The molecule has 7 heteroatoms. The number of carbonyl (C=O) groups is 2. The van der Waals surface area contributed by atoms with Crippen molar-refractivity contribution in [1.82, 2.24) is 5.32 Å². The number of benzene rings is 1. The topological polar surface area (TPSA) is 127 Å². The normalized spacial score (nSPS) is 16.4. The van der Waals surface area contributed by atoms with Crippen LogP contribution in [-0.4, -0.2) is 63.6 Å². The molecular formula is C15H21NO6. The fraction of sp³-hybridized carbons (Fsp3) is 0.467. The minimum Gasteiger partial charge on any atom is -0.394 e. The maximum atomic E-state index is 11.8. The molecule has 0 aliphatic rings. The van der Waals surface area contributed by atoms with Gasteiger partial charge in [-0.15, -0.1) is 0 Å². The van der Waals surface area contributed by atoms with Crippen molar-refractivity contribution in [3.8, 4) is 0 Å². The second kappa shape index (κ2) is 9.26. The number of amides is 1. The highest BCUT2D eigenvalue weighted by Crippen LogP contribution is 2.06. The third kappa shape index (κ3) is 5.53. The summed E-state index contributed by atoms with van der Waals surface area (Å²) < 4.78 is 0. The Hall–Kier alpha value is -1.80. The largest absolute Gasteiger partial charge is 0.394 e. The highest BCUT2D eigenvalue weighted by atomic mass is 16.4. The number of hydrogen-bond donors (Lipinski definition) is 5. The number of carbonyl (C=O) groups excluding carboxylic acids is 2. The Morgan fingerprint density at radius 3 is 2.32 bits per heavy atom. The summed E-state index contributed by atoms with van der Waals surface area (Å²) in [7, 11) is 0. The lowest BCUT2D eigenvalue weighted by Crippen LogP contribution is -2.53. The van der Waals surface area contributed by atoms with Crippen molar-refractivity contribution in [1.29, 1.82) is 0 Å². The molecule has 4 atom stereocenters. The molecule has 7 nitrogen and oxygen atoms in total. The Labute approximate surface area is 128 Å². The van der Waals surface area contributed by atoms with E-state index in [9.17, 15) is 24.9 Å². The molecule has 1 aromatic rings. The summed E-state index contributed by atoms with van der Waals surface area (Å²) >= 11 is 0. The summed E-state index contributed by atoms with van der Waals surface area (Å²) in [6, 6.07) is 7.91. The van der Waals surface area contributed by atoms with Gasteiger partial charge in [0.25, 0.3) is 0 Å². The standard InChI is InChI=1S/C15H21NO6/c17-8-11(14(21)15(22)12(19)9-18)16-13(20)7-6-10-4-2-1-3-5-10/h1-5,8,11-12,14-15,18-19,21-22H,6-7,9H2,(H,16,20)/t11-,12+,14+,15-/m0/s1. The molecule has 0 aromatic heterocycles. The zero-order chi connectivity index (χ0) is 16.5. The Bertz CT molecular complexity index is 466. The molecule has 0 heterocycles. The number of aliphatic hydroxyl groups is 4. The van der Waals surface area contributed by atoms with E-state index in [1.165, 1.54) is 0 Å². The van der Waals surface area contributed by atoms with Gasteiger partial charge in [-0.25, -0.2) is 0 Å².